The van der Waals surface area contributed by atoms with Gasteiger partial charge >= 0.3 is 0 Å². The van der Waals surface area contributed by atoms with Crippen molar-refractivity contribution in [2.45, 2.75) is 27.7 Å². The van der Waals surface area contributed by atoms with Crippen LogP contribution in [0.1, 0.15) is 43.0 Å². The van der Waals surface area contributed by atoms with Crippen molar-refractivity contribution >= 4 is 34.4 Å². The van der Waals surface area contributed by atoms with Crippen LogP contribution in [0.3, 0.4) is 0 Å². The molecule has 3 heterocycles. The summed E-state index contributed by atoms with van der Waals surface area (Å²) in [7, 11) is 0. The first-order valence-electron chi connectivity index (χ1n) is 12.0. The molecule has 4 rings (SSSR count). The van der Waals surface area contributed by atoms with Crippen LogP contribution in [0.4, 0.5) is 11.4 Å². The number of benzene rings is 1. The van der Waals surface area contributed by atoms with E-state index < -0.39 is 0 Å². The second-order valence-corrected chi connectivity index (χ2v) is 9.94. The van der Waals surface area contributed by atoms with Gasteiger partial charge < -0.3 is 20.4 Å². The lowest BCUT2D eigenvalue weighted by molar-refractivity contribution is 0.296. The zero-order valence-corrected chi connectivity index (χ0v) is 21.2. The Hall–Kier alpha value is -4.15. The third-order valence-corrected chi connectivity index (χ3v) is 5.75. The largest absolute Gasteiger partial charge is 0.491 e. The molecule has 3 N–H and O–H groups in total. The third kappa shape index (κ3) is 6.29. The number of H-pyrrole nitrogens is 1. The van der Waals surface area contributed by atoms with E-state index in [4.69, 9.17) is 4.74 Å². The van der Waals surface area contributed by atoms with Crippen LogP contribution in [0, 0.1) is 23.7 Å². The second-order valence-electron chi connectivity index (χ2n) is 9.94. The standard InChI is InChI=1S/C29H32N6O/c1-20-25-9-10-34-27(25)8-7-26(20)35-28-22(16-33-17-23(28)14-30)6-5-21-13-24(18-32-15-21)36-12-11-31-19-29(2,3)4/h5-10,13,15-18,31,34H,11-12,19H2,1-4H3,(H,33,35)/b6-5+. The minimum atomic E-state index is 0.241. The first kappa shape index (κ1) is 25.0. The normalized spacial score (nSPS) is 11.6. The van der Waals surface area contributed by atoms with E-state index in [0.717, 1.165) is 46.4 Å². The Morgan fingerprint density at radius 3 is 2.72 bits per heavy atom. The Bertz CT molecular complexity index is 1410. The Morgan fingerprint density at radius 2 is 1.92 bits per heavy atom. The summed E-state index contributed by atoms with van der Waals surface area (Å²) in [6.45, 7) is 10.9. The highest BCUT2D eigenvalue weighted by Gasteiger charge is 2.11. The van der Waals surface area contributed by atoms with Gasteiger partial charge in [-0.3, -0.25) is 9.97 Å². The number of ether oxygens (including phenoxy) is 1. The van der Waals surface area contributed by atoms with Crippen molar-refractivity contribution in [2.24, 2.45) is 5.41 Å². The molecule has 3 aromatic heterocycles. The van der Waals surface area contributed by atoms with Gasteiger partial charge in [0.2, 0.25) is 0 Å². The lowest BCUT2D eigenvalue weighted by atomic mass is 9.97. The molecule has 0 spiro atoms. The molecule has 184 valence electrons. The summed E-state index contributed by atoms with van der Waals surface area (Å²) in [6, 6.07) is 10.3. The van der Waals surface area contributed by atoms with Crippen LogP contribution in [-0.4, -0.2) is 34.6 Å². The number of aromatic amines is 1. The molecule has 1 aromatic carbocycles. The topological polar surface area (TPSA) is 98.7 Å². The molecule has 0 unspecified atom stereocenters. The first-order chi connectivity index (χ1) is 17.3. The number of fused-ring (bicyclic) bond motifs is 1. The molecular formula is C29H32N6O. The number of nitrogens with one attached hydrogen (secondary N) is 3. The summed E-state index contributed by atoms with van der Waals surface area (Å²) in [5.41, 5.74) is 6.26. The highest BCUT2D eigenvalue weighted by molar-refractivity contribution is 5.90. The van der Waals surface area contributed by atoms with Crippen molar-refractivity contribution in [3.05, 3.63) is 77.5 Å². The summed E-state index contributed by atoms with van der Waals surface area (Å²) in [4.78, 5) is 11.8. The zero-order chi connectivity index (χ0) is 25.5. The van der Waals surface area contributed by atoms with Crippen molar-refractivity contribution in [1.29, 1.82) is 5.26 Å². The number of rotatable bonds is 9. The van der Waals surface area contributed by atoms with Crippen LogP contribution in [0.5, 0.6) is 5.75 Å². The lowest BCUT2D eigenvalue weighted by Crippen LogP contribution is -2.30. The van der Waals surface area contributed by atoms with Gasteiger partial charge in [0.25, 0.3) is 0 Å². The van der Waals surface area contributed by atoms with Crippen molar-refractivity contribution < 1.29 is 4.74 Å². The van der Waals surface area contributed by atoms with Crippen molar-refractivity contribution in [2.75, 3.05) is 25.0 Å². The van der Waals surface area contributed by atoms with Gasteiger partial charge in [-0.25, -0.2) is 0 Å². The monoisotopic (exact) mass is 480 g/mol. The molecule has 0 fully saturated rings. The maximum atomic E-state index is 9.72. The summed E-state index contributed by atoms with van der Waals surface area (Å²) >= 11 is 0. The van der Waals surface area contributed by atoms with E-state index in [0.29, 0.717) is 23.6 Å². The van der Waals surface area contributed by atoms with Crippen LogP contribution in [0.25, 0.3) is 23.1 Å². The Balaban J connectivity index is 1.50. The Morgan fingerprint density at radius 1 is 1.08 bits per heavy atom. The fourth-order valence-electron chi connectivity index (χ4n) is 3.88. The van der Waals surface area contributed by atoms with E-state index in [9.17, 15) is 5.26 Å². The zero-order valence-electron chi connectivity index (χ0n) is 21.2. The number of nitriles is 1. The fraction of sp³-hybridized carbons (Fsp3) is 0.276. The minimum absolute atomic E-state index is 0.241. The maximum Gasteiger partial charge on any atom is 0.138 e. The average molecular weight is 481 g/mol. The summed E-state index contributed by atoms with van der Waals surface area (Å²) in [5.74, 6) is 0.715. The highest BCUT2D eigenvalue weighted by Crippen LogP contribution is 2.31. The molecule has 4 aromatic rings. The molecule has 0 saturated carbocycles. The number of aryl methyl sites for hydroxylation is 1. The smallest absolute Gasteiger partial charge is 0.138 e. The van der Waals surface area contributed by atoms with Crippen molar-refractivity contribution in [3.63, 3.8) is 0 Å². The predicted molar refractivity (Wildman–Crippen MR) is 146 cm³/mol. The predicted octanol–water partition coefficient (Wildman–Crippen LogP) is 6.07. The number of pyridine rings is 2. The van der Waals surface area contributed by atoms with E-state index >= 15 is 0 Å². The molecule has 0 radical (unpaired) electrons. The minimum Gasteiger partial charge on any atom is -0.491 e. The van der Waals surface area contributed by atoms with Crippen LogP contribution in [0.15, 0.2) is 55.2 Å². The summed E-state index contributed by atoms with van der Waals surface area (Å²) in [5, 5.41) is 17.7. The maximum absolute atomic E-state index is 9.72. The van der Waals surface area contributed by atoms with E-state index in [1.54, 1.807) is 24.8 Å². The third-order valence-electron chi connectivity index (χ3n) is 5.75. The summed E-state index contributed by atoms with van der Waals surface area (Å²) in [6.07, 6.45) is 12.6. The van der Waals surface area contributed by atoms with Gasteiger partial charge in [0.15, 0.2) is 0 Å². The molecule has 0 aliphatic carbocycles. The van der Waals surface area contributed by atoms with E-state index in [1.807, 2.05) is 36.5 Å². The van der Waals surface area contributed by atoms with Crippen LogP contribution in [0.2, 0.25) is 0 Å². The molecule has 0 amide bonds. The van der Waals surface area contributed by atoms with Gasteiger partial charge in [-0.15, -0.1) is 0 Å². The van der Waals surface area contributed by atoms with Crippen molar-refractivity contribution in [1.82, 2.24) is 20.3 Å². The lowest BCUT2D eigenvalue weighted by Gasteiger charge is -2.18. The van der Waals surface area contributed by atoms with Gasteiger partial charge in [-0.2, -0.15) is 5.26 Å². The number of nitrogens with zero attached hydrogens (tertiary/aromatic N) is 3. The quantitative estimate of drug-likeness (QED) is 0.252. The molecule has 0 aliphatic rings. The molecule has 0 saturated heterocycles. The Kier molecular flexibility index (Phi) is 7.67. The molecule has 0 atom stereocenters. The summed E-state index contributed by atoms with van der Waals surface area (Å²) < 4.78 is 5.87. The van der Waals surface area contributed by atoms with Gasteiger partial charge in [0.1, 0.15) is 18.4 Å². The molecule has 36 heavy (non-hydrogen) atoms. The van der Waals surface area contributed by atoms with Crippen molar-refractivity contribution in [3.8, 4) is 11.8 Å². The van der Waals surface area contributed by atoms with Gasteiger partial charge in [0, 0.05) is 60.0 Å². The molecule has 0 bridgehead atoms. The fourth-order valence-corrected chi connectivity index (χ4v) is 3.88. The number of hydrogen-bond acceptors (Lipinski definition) is 6. The molecule has 7 nitrogen and oxygen atoms in total. The van der Waals surface area contributed by atoms with Crippen LogP contribution < -0.4 is 15.4 Å². The van der Waals surface area contributed by atoms with Gasteiger partial charge in [0.05, 0.1) is 17.4 Å². The second kappa shape index (κ2) is 11.1. The van der Waals surface area contributed by atoms with Crippen LogP contribution in [-0.2, 0) is 0 Å². The van der Waals surface area contributed by atoms with E-state index in [-0.39, 0.29) is 5.41 Å². The number of anilines is 2. The average Bonchev–Trinajstić information content (AvgIpc) is 3.34. The van der Waals surface area contributed by atoms with Crippen LogP contribution >= 0.6 is 0 Å². The first-order valence-corrected chi connectivity index (χ1v) is 12.0. The molecular weight excluding hydrogens is 448 g/mol. The molecule has 7 heteroatoms. The van der Waals surface area contributed by atoms with Gasteiger partial charge in [-0.05, 0) is 47.7 Å². The Labute approximate surface area is 212 Å². The highest BCUT2D eigenvalue weighted by atomic mass is 16.5. The van der Waals surface area contributed by atoms with E-state index in [1.165, 1.54) is 0 Å². The SMILES string of the molecule is Cc1c(Nc2c(C#N)cncc2/C=C/c2cncc(OCCNCC(C)(C)C)c2)ccc2[nH]ccc12. The van der Waals surface area contributed by atoms with Gasteiger partial charge in [-0.1, -0.05) is 32.9 Å². The number of hydrogen-bond donors (Lipinski definition) is 3. The van der Waals surface area contributed by atoms with E-state index in [2.05, 4.69) is 65.4 Å². The number of aromatic nitrogens is 3. The molecule has 0 aliphatic heterocycles.